The van der Waals surface area contributed by atoms with E-state index in [2.05, 4.69) is 9.97 Å². The molecule has 88 valence electrons. The predicted octanol–water partition coefficient (Wildman–Crippen LogP) is 1.36. The maximum absolute atomic E-state index is 12.0. The van der Waals surface area contributed by atoms with Gasteiger partial charge in [-0.25, -0.2) is 9.97 Å². The highest BCUT2D eigenvalue weighted by Crippen LogP contribution is 2.13. The Bertz CT molecular complexity index is 762. The molecule has 3 aromatic heterocycles. The van der Waals surface area contributed by atoms with Crippen molar-refractivity contribution in [3.8, 4) is 5.69 Å². The number of fused-ring (bicyclic) bond motifs is 1. The highest BCUT2D eigenvalue weighted by Gasteiger charge is 2.06. The average Bonchev–Trinajstić information content (AvgIpc) is 2.40. The Labute approximate surface area is 103 Å². The van der Waals surface area contributed by atoms with Crippen molar-refractivity contribution in [2.45, 2.75) is 0 Å². The maximum Gasteiger partial charge on any atom is 0.256 e. The summed E-state index contributed by atoms with van der Waals surface area (Å²) in [6.07, 6.45) is 3.22. The molecule has 18 heavy (non-hydrogen) atoms. The molecule has 3 rings (SSSR count). The van der Waals surface area contributed by atoms with E-state index in [1.54, 1.807) is 30.6 Å². The van der Waals surface area contributed by atoms with Gasteiger partial charge in [0.15, 0.2) is 0 Å². The molecule has 2 N–H and O–H groups in total. The first-order valence-corrected chi connectivity index (χ1v) is 5.44. The van der Waals surface area contributed by atoms with Gasteiger partial charge in [-0.15, -0.1) is 0 Å². The van der Waals surface area contributed by atoms with Crippen molar-refractivity contribution < 1.29 is 0 Å². The summed E-state index contributed by atoms with van der Waals surface area (Å²) in [6.45, 7) is 0. The zero-order valence-corrected chi connectivity index (χ0v) is 9.45. The monoisotopic (exact) mass is 238 g/mol. The first-order chi connectivity index (χ1) is 8.75. The number of rotatable bonds is 1. The van der Waals surface area contributed by atoms with Crippen LogP contribution < -0.4 is 11.3 Å². The lowest BCUT2D eigenvalue weighted by Gasteiger charge is -2.08. The van der Waals surface area contributed by atoms with E-state index in [4.69, 9.17) is 5.73 Å². The maximum atomic E-state index is 12.0. The van der Waals surface area contributed by atoms with Gasteiger partial charge in [-0.3, -0.25) is 9.36 Å². The largest absolute Gasteiger partial charge is 0.384 e. The molecule has 0 amide bonds. The minimum atomic E-state index is -0.146. The summed E-state index contributed by atoms with van der Waals surface area (Å²) < 4.78 is 1.52. The molecule has 0 saturated carbocycles. The van der Waals surface area contributed by atoms with Gasteiger partial charge in [0.25, 0.3) is 5.56 Å². The van der Waals surface area contributed by atoms with E-state index in [-0.39, 0.29) is 5.56 Å². The fourth-order valence-corrected chi connectivity index (χ4v) is 1.85. The van der Waals surface area contributed by atoms with Crippen molar-refractivity contribution in [1.82, 2.24) is 14.5 Å². The molecule has 0 fully saturated rings. The molecule has 0 aliphatic rings. The first-order valence-electron chi connectivity index (χ1n) is 5.44. The second-order valence-electron chi connectivity index (χ2n) is 3.86. The standard InChI is InChI=1S/C13H10N4O/c14-11-5-4-10(8-16-11)17-12(18)6-3-9-2-1-7-15-13(9)17/h1-8H,(H2,14,16). The molecule has 5 nitrogen and oxygen atoms in total. The summed E-state index contributed by atoms with van der Waals surface area (Å²) in [4.78, 5) is 20.2. The highest BCUT2D eigenvalue weighted by atomic mass is 16.1. The van der Waals surface area contributed by atoms with Crippen LogP contribution in [0.5, 0.6) is 0 Å². The molecule has 0 spiro atoms. The highest BCUT2D eigenvalue weighted by molar-refractivity contribution is 5.76. The normalized spacial score (nSPS) is 10.7. The molecule has 0 radical (unpaired) electrons. The first kappa shape index (κ1) is 10.5. The minimum Gasteiger partial charge on any atom is -0.384 e. The molecule has 3 heterocycles. The summed E-state index contributed by atoms with van der Waals surface area (Å²) in [6, 6.07) is 10.4. The van der Waals surface area contributed by atoms with Gasteiger partial charge in [0.05, 0.1) is 11.9 Å². The smallest absolute Gasteiger partial charge is 0.256 e. The van der Waals surface area contributed by atoms with Gasteiger partial charge in [0.1, 0.15) is 11.5 Å². The Hall–Kier alpha value is -2.69. The predicted molar refractivity (Wildman–Crippen MR) is 69.5 cm³/mol. The van der Waals surface area contributed by atoms with Gasteiger partial charge in [-0.1, -0.05) is 0 Å². The van der Waals surface area contributed by atoms with Crippen molar-refractivity contribution in [3.63, 3.8) is 0 Å². The summed E-state index contributed by atoms with van der Waals surface area (Å²) in [7, 11) is 0. The van der Waals surface area contributed by atoms with Gasteiger partial charge in [-0.2, -0.15) is 0 Å². The van der Waals surface area contributed by atoms with Crippen LogP contribution in [0.4, 0.5) is 5.82 Å². The van der Waals surface area contributed by atoms with Gasteiger partial charge >= 0.3 is 0 Å². The van der Waals surface area contributed by atoms with E-state index in [1.807, 2.05) is 12.1 Å². The number of hydrogen-bond acceptors (Lipinski definition) is 4. The molecular formula is C13H10N4O. The number of nitrogens with two attached hydrogens (primary N) is 1. The molecule has 0 aromatic carbocycles. The fourth-order valence-electron chi connectivity index (χ4n) is 1.85. The molecule has 0 saturated heterocycles. The zero-order valence-electron chi connectivity index (χ0n) is 9.45. The van der Waals surface area contributed by atoms with Crippen molar-refractivity contribution in [2.24, 2.45) is 0 Å². The van der Waals surface area contributed by atoms with Crippen molar-refractivity contribution in [3.05, 3.63) is 59.1 Å². The fraction of sp³-hybridized carbons (Fsp3) is 0. The average molecular weight is 238 g/mol. The molecule has 0 aliphatic heterocycles. The van der Waals surface area contributed by atoms with E-state index in [0.29, 0.717) is 17.2 Å². The number of nitrogens with zero attached hydrogens (tertiary/aromatic N) is 3. The Morgan fingerprint density at radius 1 is 1.06 bits per heavy atom. The summed E-state index contributed by atoms with van der Waals surface area (Å²) in [5.74, 6) is 0.417. The van der Waals surface area contributed by atoms with Crippen molar-refractivity contribution in [1.29, 1.82) is 0 Å². The van der Waals surface area contributed by atoms with Crippen LogP contribution in [0.25, 0.3) is 16.7 Å². The molecule has 0 unspecified atom stereocenters. The third-order valence-electron chi connectivity index (χ3n) is 2.68. The van der Waals surface area contributed by atoms with Crippen LogP contribution in [0, 0.1) is 0 Å². The molecule has 0 aliphatic carbocycles. The van der Waals surface area contributed by atoms with Crippen LogP contribution in [0.1, 0.15) is 0 Å². The summed E-state index contributed by atoms with van der Waals surface area (Å²) >= 11 is 0. The molecule has 0 bridgehead atoms. The van der Waals surface area contributed by atoms with E-state index >= 15 is 0 Å². The Kier molecular flexibility index (Phi) is 2.30. The number of aromatic nitrogens is 3. The van der Waals surface area contributed by atoms with Gasteiger partial charge in [0, 0.05) is 17.6 Å². The van der Waals surface area contributed by atoms with Crippen LogP contribution in [-0.2, 0) is 0 Å². The molecule has 5 heteroatoms. The molecular weight excluding hydrogens is 228 g/mol. The Morgan fingerprint density at radius 2 is 1.94 bits per heavy atom. The zero-order chi connectivity index (χ0) is 12.5. The second-order valence-corrected chi connectivity index (χ2v) is 3.86. The van der Waals surface area contributed by atoms with Crippen molar-refractivity contribution >= 4 is 16.9 Å². The lowest BCUT2D eigenvalue weighted by molar-refractivity contribution is 1.00. The van der Waals surface area contributed by atoms with Gasteiger partial charge < -0.3 is 5.73 Å². The lowest BCUT2D eigenvalue weighted by Crippen LogP contribution is -2.18. The van der Waals surface area contributed by atoms with Crippen molar-refractivity contribution in [2.75, 3.05) is 5.73 Å². The van der Waals surface area contributed by atoms with Gasteiger partial charge in [-0.05, 0) is 30.3 Å². The van der Waals surface area contributed by atoms with Crippen LogP contribution in [0.15, 0.2) is 53.6 Å². The Balaban J connectivity index is 2.37. The number of nitrogen functional groups attached to an aromatic ring is 1. The number of hydrogen-bond donors (Lipinski definition) is 1. The van der Waals surface area contributed by atoms with Gasteiger partial charge in [0.2, 0.25) is 0 Å². The van der Waals surface area contributed by atoms with E-state index in [9.17, 15) is 4.79 Å². The van der Waals surface area contributed by atoms with Crippen LogP contribution in [-0.4, -0.2) is 14.5 Å². The SMILES string of the molecule is Nc1ccc(-n2c(=O)ccc3cccnc32)cn1. The van der Waals surface area contributed by atoms with E-state index < -0.39 is 0 Å². The third kappa shape index (κ3) is 1.62. The van der Waals surface area contributed by atoms with Crippen LogP contribution >= 0.6 is 0 Å². The van der Waals surface area contributed by atoms with E-state index in [0.717, 1.165) is 5.39 Å². The summed E-state index contributed by atoms with van der Waals surface area (Å²) in [5, 5.41) is 0.897. The number of pyridine rings is 3. The van der Waals surface area contributed by atoms with Crippen LogP contribution in [0.3, 0.4) is 0 Å². The van der Waals surface area contributed by atoms with Crippen LogP contribution in [0.2, 0.25) is 0 Å². The third-order valence-corrected chi connectivity index (χ3v) is 2.68. The number of anilines is 1. The topological polar surface area (TPSA) is 73.8 Å². The minimum absolute atomic E-state index is 0.146. The summed E-state index contributed by atoms with van der Waals surface area (Å²) in [5.41, 5.74) is 6.66. The quantitative estimate of drug-likeness (QED) is 0.694. The molecule has 3 aromatic rings. The second kappa shape index (κ2) is 3.96. The lowest BCUT2D eigenvalue weighted by atomic mass is 10.2. The Morgan fingerprint density at radius 3 is 2.72 bits per heavy atom. The molecule has 0 atom stereocenters. The van der Waals surface area contributed by atoms with E-state index in [1.165, 1.54) is 10.6 Å².